The number of nitrogens with zero attached hydrogens (tertiary/aromatic N) is 1. The molecule has 0 radical (unpaired) electrons. The largest absolute Gasteiger partial charge is 0.465 e. The van der Waals surface area contributed by atoms with Crippen LogP contribution in [0.1, 0.15) is 63.0 Å². The van der Waals surface area contributed by atoms with Crippen molar-refractivity contribution >= 4 is 23.7 Å². The number of urea groups is 1. The summed E-state index contributed by atoms with van der Waals surface area (Å²) in [5.74, 6) is -0.817. The minimum Gasteiger partial charge on any atom is -0.465 e. The Bertz CT molecular complexity index is 903. The molecule has 1 aliphatic carbocycles. The molecule has 1 aliphatic heterocycles. The molecule has 3 atom stereocenters. The molecule has 0 bridgehead atoms. The van der Waals surface area contributed by atoms with Gasteiger partial charge >= 0.3 is 12.1 Å². The second-order valence-corrected chi connectivity index (χ2v) is 10.5. The van der Waals surface area contributed by atoms with Crippen LogP contribution in [0.2, 0.25) is 5.02 Å². The first-order chi connectivity index (χ1) is 17.7. The second-order valence-electron chi connectivity index (χ2n) is 10.1. The van der Waals surface area contributed by atoms with Gasteiger partial charge in [-0.05, 0) is 38.8 Å². The highest BCUT2D eigenvalue weighted by Gasteiger charge is 2.37. The van der Waals surface area contributed by atoms with Gasteiger partial charge in [0, 0.05) is 50.1 Å². The molecule has 1 heterocycles. The normalized spacial score (nSPS) is 21.2. The summed E-state index contributed by atoms with van der Waals surface area (Å²) in [6.45, 7) is 1.39. The minimum absolute atomic E-state index is 0.0297. The van der Waals surface area contributed by atoms with Gasteiger partial charge in [-0.2, -0.15) is 0 Å². The third kappa shape index (κ3) is 8.68. The Morgan fingerprint density at radius 1 is 1.27 bits per heavy atom. The Morgan fingerprint density at radius 2 is 2.03 bits per heavy atom. The number of piperidine rings is 1. The molecule has 2 aliphatic rings. The molecule has 1 saturated carbocycles. The summed E-state index contributed by atoms with van der Waals surface area (Å²) in [5.41, 5.74) is -0.982. The number of hydrogen-bond donors (Lipinski definition) is 4. The molecule has 1 aromatic carbocycles. The Labute approximate surface area is 222 Å². The van der Waals surface area contributed by atoms with Gasteiger partial charge in [-0.1, -0.05) is 43.0 Å². The Hall–Kier alpha value is -2.17. The number of benzene rings is 1. The van der Waals surface area contributed by atoms with E-state index in [0.29, 0.717) is 45.3 Å². The summed E-state index contributed by atoms with van der Waals surface area (Å²) in [5, 5.41) is 17.1. The van der Waals surface area contributed by atoms with Gasteiger partial charge in [-0.25, -0.2) is 18.4 Å². The lowest BCUT2D eigenvalue weighted by molar-refractivity contribution is -0.0106. The van der Waals surface area contributed by atoms with Crippen LogP contribution in [-0.4, -0.2) is 73.7 Å². The molecule has 2 fully saturated rings. The quantitative estimate of drug-likeness (QED) is 0.297. The van der Waals surface area contributed by atoms with E-state index < -0.39 is 23.7 Å². The van der Waals surface area contributed by atoms with Crippen molar-refractivity contribution in [3.8, 4) is 0 Å². The van der Waals surface area contributed by atoms with Gasteiger partial charge in [0.15, 0.2) is 0 Å². The Kier molecular flexibility index (Phi) is 11.2. The molecule has 11 heteroatoms. The van der Waals surface area contributed by atoms with Gasteiger partial charge in [-0.3, -0.25) is 0 Å². The van der Waals surface area contributed by atoms with Crippen LogP contribution in [0.25, 0.3) is 0 Å². The maximum Gasteiger partial charge on any atom is 0.404 e. The van der Waals surface area contributed by atoms with Crippen LogP contribution in [-0.2, 0) is 4.74 Å². The number of likely N-dealkylation sites (N-methyl/N-ethyl adjacent to an activating group) is 1. The number of halogens is 3. The van der Waals surface area contributed by atoms with Crippen molar-refractivity contribution in [1.82, 2.24) is 20.9 Å². The fourth-order valence-electron chi connectivity index (χ4n) is 5.52. The highest BCUT2D eigenvalue weighted by atomic mass is 35.5. The number of carbonyl (C=O) groups is 2. The van der Waals surface area contributed by atoms with Crippen molar-refractivity contribution in [3.63, 3.8) is 0 Å². The summed E-state index contributed by atoms with van der Waals surface area (Å²) in [6, 6.07) is 4.07. The first kappa shape index (κ1) is 29.4. The lowest BCUT2D eigenvalue weighted by Gasteiger charge is -2.38. The maximum absolute atomic E-state index is 15.4. The summed E-state index contributed by atoms with van der Waals surface area (Å²) in [4.78, 5) is 25.7. The molecule has 2 unspecified atom stereocenters. The minimum atomic E-state index is -1.26. The second kappa shape index (κ2) is 14.1. The number of amides is 3. The molecule has 3 rings (SSSR count). The van der Waals surface area contributed by atoms with Crippen LogP contribution >= 0.6 is 11.6 Å². The van der Waals surface area contributed by atoms with Gasteiger partial charge < -0.3 is 30.7 Å². The fraction of sp³-hybridized carbons (Fsp3) is 0.692. The van der Waals surface area contributed by atoms with E-state index in [2.05, 4.69) is 16.0 Å². The standard InChI is InChI=1S/C26H39ClF2N4O4/c1-30-16-19(15-26(29)10-3-2-4-11-26)32-24(34)33-13-6-7-18(17-33)23(37-14-12-31-25(35)36)20-8-5-9-21(27)22(20)28/h5,8-9,18-19,23,30-31H,2-4,6-7,10-17H2,1H3,(H,32,34)(H,35,36)/t18-,19?,23?/m1/s1. The van der Waals surface area contributed by atoms with Crippen LogP contribution < -0.4 is 16.0 Å². The zero-order valence-corrected chi connectivity index (χ0v) is 22.2. The SMILES string of the molecule is CNCC(CC1(F)CCCCC1)NC(=O)N1CCC[C@@H](C(OCCNC(=O)O)c2cccc(Cl)c2F)C1. The molecule has 4 N–H and O–H groups in total. The third-order valence-corrected chi connectivity index (χ3v) is 7.57. The number of alkyl halides is 1. The van der Waals surface area contributed by atoms with E-state index in [4.69, 9.17) is 21.4 Å². The van der Waals surface area contributed by atoms with Gasteiger partial charge in [0.25, 0.3) is 0 Å². The average molecular weight is 545 g/mol. The molecular weight excluding hydrogens is 506 g/mol. The van der Waals surface area contributed by atoms with E-state index in [1.165, 1.54) is 6.07 Å². The van der Waals surface area contributed by atoms with E-state index in [1.807, 2.05) is 0 Å². The molecular formula is C26H39ClF2N4O4. The van der Waals surface area contributed by atoms with Gasteiger partial charge in [0.1, 0.15) is 11.5 Å². The van der Waals surface area contributed by atoms with E-state index in [-0.39, 0.29) is 48.1 Å². The highest BCUT2D eigenvalue weighted by Crippen LogP contribution is 2.37. The van der Waals surface area contributed by atoms with Gasteiger partial charge in [0.05, 0.1) is 17.7 Å². The van der Waals surface area contributed by atoms with Crippen molar-refractivity contribution in [3.05, 3.63) is 34.6 Å². The molecule has 0 aromatic heterocycles. The van der Waals surface area contributed by atoms with Crippen LogP contribution in [0.5, 0.6) is 0 Å². The number of carbonyl (C=O) groups excluding carboxylic acids is 1. The van der Waals surface area contributed by atoms with E-state index >= 15 is 4.39 Å². The highest BCUT2D eigenvalue weighted by molar-refractivity contribution is 6.30. The number of rotatable bonds is 11. The molecule has 3 amide bonds. The van der Waals surface area contributed by atoms with Crippen molar-refractivity contribution in [1.29, 1.82) is 0 Å². The van der Waals surface area contributed by atoms with Crippen LogP contribution in [0.15, 0.2) is 18.2 Å². The van der Waals surface area contributed by atoms with E-state index in [9.17, 15) is 14.0 Å². The van der Waals surface area contributed by atoms with Crippen molar-refractivity contribution < 1.29 is 28.2 Å². The predicted octanol–water partition coefficient (Wildman–Crippen LogP) is 4.88. The van der Waals surface area contributed by atoms with Crippen molar-refractivity contribution in [2.75, 3.05) is 39.8 Å². The average Bonchev–Trinajstić information content (AvgIpc) is 2.86. The summed E-state index contributed by atoms with van der Waals surface area (Å²) < 4.78 is 36.3. The summed E-state index contributed by atoms with van der Waals surface area (Å²) in [6.07, 6.45) is 3.61. The molecule has 208 valence electrons. The van der Waals surface area contributed by atoms with Crippen LogP contribution in [0.4, 0.5) is 18.4 Å². The number of carboxylic acid groups (broad SMARTS) is 1. The maximum atomic E-state index is 15.4. The zero-order chi connectivity index (χ0) is 26.8. The molecule has 0 spiro atoms. The summed E-state index contributed by atoms with van der Waals surface area (Å²) in [7, 11) is 1.78. The van der Waals surface area contributed by atoms with Gasteiger partial charge in [-0.15, -0.1) is 0 Å². The lowest BCUT2D eigenvalue weighted by atomic mass is 9.82. The predicted molar refractivity (Wildman–Crippen MR) is 138 cm³/mol. The smallest absolute Gasteiger partial charge is 0.404 e. The zero-order valence-electron chi connectivity index (χ0n) is 21.4. The summed E-state index contributed by atoms with van der Waals surface area (Å²) >= 11 is 6.03. The Balaban J connectivity index is 1.68. The number of likely N-dealkylation sites (tertiary alicyclic amines) is 1. The Morgan fingerprint density at radius 3 is 2.73 bits per heavy atom. The number of hydrogen-bond acceptors (Lipinski definition) is 4. The molecule has 1 aromatic rings. The van der Waals surface area contributed by atoms with Crippen LogP contribution in [0, 0.1) is 11.7 Å². The molecule has 37 heavy (non-hydrogen) atoms. The third-order valence-electron chi connectivity index (χ3n) is 7.28. The van der Waals surface area contributed by atoms with Crippen molar-refractivity contribution in [2.45, 2.75) is 69.2 Å². The first-order valence-corrected chi connectivity index (χ1v) is 13.5. The first-order valence-electron chi connectivity index (χ1n) is 13.1. The van der Waals surface area contributed by atoms with E-state index in [1.54, 1.807) is 24.1 Å². The molecule has 8 nitrogen and oxygen atoms in total. The fourth-order valence-corrected chi connectivity index (χ4v) is 5.70. The van der Waals surface area contributed by atoms with E-state index in [0.717, 1.165) is 19.3 Å². The topological polar surface area (TPSA) is 103 Å². The van der Waals surface area contributed by atoms with Gasteiger partial charge in [0.2, 0.25) is 0 Å². The lowest BCUT2D eigenvalue weighted by Crippen LogP contribution is -2.53. The van der Waals surface area contributed by atoms with Crippen molar-refractivity contribution in [2.24, 2.45) is 5.92 Å². The number of ether oxygens (including phenoxy) is 1. The number of nitrogens with one attached hydrogen (secondary N) is 3. The van der Waals surface area contributed by atoms with Crippen LogP contribution in [0.3, 0.4) is 0 Å². The molecule has 1 saturated heterocycles. The monoisotopic (exact) mass is 544 g/mol.